The van der Waals surface area contributed by atoms with Gasteiger partial charge in [0.15, 0.2) is 0 Å². The van der Waals surface area contributed by atoms with Gasteiger partial charge >= 0.3 is 0 Å². The molecule has 1 aliphatic rings. The summed E-state index contributed by atoms with van der Waals surface area (Å²) in [5.41, 5.74) is 1.15. The molecule has 2 N–H and O–H groups in total. The van der Waals surface area contributed by atoms with E-state index in [9.17, 15) is 4.79 Å². The molecule has 21 heavy (non-hydrogen) atoms. The molecule has 0 spiro atoms. The molecule has 1 aromatic carbocycles. The third kappa shape index (κ3) is 5.30. The minimum absolute atomic E-state index is 0.0954. The van der Waals surface area contributed by atoms with Crippen LogP contribution in [0.2, 0.25) is 5.02 Å². The first-order chi connectivity index (χ1) is 10.0. The number of nitrogens with one attached hydrogen (secondary N) is 2. The van der Waals surface area contributed by atoms with E-state index in [0.29, 0.717) is 25.2 Å². The van der Waals surface area contributed by atoms with Crippen molar-refractivity contribution < 1.29 is 4.79 Å². The Bertz CT molecular complexity index is 480. The standard InChI is InChI=1S/C16H24ClN3O/c1-12-10-20(13(2)9-19-12)11-16(21)18-7-6-14-4-3-5-15(17)8-14/h3-5,8,12-13,19H,6-7,9-11H2,1-2H3,(H,18,21). The molecule has 1 heterocycles. The first-order valence-corrected chi connectivity index (χ1v) is 7.91. The Balaban J connectivity index is 1.72. The van der Waals surface area contributed by atoms with Crippen molar-refractivity contribution >= 4 is 17.5 Å². The lowest BCUT2D eigenvalue weighted by Gasteiger charge is -2.36. The molecule has 1 aromatic rings. The van der Waals surface area contributed by atoms with Gasteiger partial charge in [-0.3, -0.25) is 9.69 Å². The summed E-state index contributed by atoms with van der Waals surface area (Å²) in [7, 11) is 0. The molecule has 5 heteroatoms. The highest BCUT2D eigenvalue weighted by molar-refractivity contribution is 6.30. The van der Waals surface area contributed by atoms with Crippen LogP contribution in [0, 0.1) is 0 Å². The van der Waals surface area contributed by atoms with Gasteiger partial charge in [0.1, 0.15) is 0 Å². The van der Waals surface area contributed by atoms with E-state index in [1.54, 1.807) is 0 Å². The van der Waals surface area contributed by atoms with Crippen molar-refractivity contribution in [3.8, 4) is 0 Å². The van der Waals surface area contributed by atoms with Crippen LogP contribution in [-0.2, 0) is 11.2 Å². The fourth-order valence-corrected chi connectivity index (χ4v) is 2.81. The van der Waals surface area contributed by atoms with Gasteiger partial charge in [0, 0.05) is 36.7 Å². The molecular formula is C16H24ClN3O. The lowest BCUT2D eigenvalue weighted by Crippen LogP contribution is -2.56. The van der Waals surface area contributed by atoms with Crippen LogP contribution in [0.25, 0.3) is 0 Å². The zero-order valence-corrected chi connectivity index (χ0v) is 13.5. The Hall–Kier alpha value is -1.10. The topological polar surface area (TPSA) is 44.4 Å². The maximum atomic E-state index is 12.0. The smallest absolute Gasteiger partial charge is 0.234 e. The highest BCUT2D eigenvalue weighted by atomic mass is 35.5. The molecule has 2 atom stereocenters. The number of carbonyl (C=O) groups is 1. The summed E-state index contributed by atoms with van der Waals surface area (Å²) in [4.78, 5) is 14.3. The molecule has 0 aromatic heterocycles. The Kier molecular flexibility index (Phi) is 6.03. The van der Waals surface area contributed by atoms with Gasteiger partial charge < -0.3 is 10.6 Å². The summed E-state index contributed by atoms with van der Waals surface area (Å²) in [6, 6.07) is 8.60. The van der Waals surface area contributed by atoms with Crippen molar-refractivity contribution in [2.24, 2.45) is 0 Å². The third-order valence-corrected chi connectivity index (χ3v) is 4.10. The Labute approximate surface area is 131 Å². The number of carbonyl (C=O) groups excluding carboxylic acids is 1. The van der Waals surface area contributed by atoms with Crippen molar-refractivity contribution in [3.63, 3.8) is 0 Å². The lowest BCUT2D eigenvalue weighted by atomic mass is 10.1. The molecular weight excluding hydrogens is 286 g/mol. The quantitative estimate of drug-likeness (QED) is 0.870. The summed E-state index contributed by atoms with van der Waals surface area (Å²) in [5, 5.41) is 7.15. The number of rotatable bonds is 5. The maximum Gasteiger partial charge on any atom is 0.234 e. The molecule has 1 aliphatic heterocycles. The predicted octanol–water partition coefficient (Wildman–Crippen LogP) is 1.68. The molecule has 0 radical (unpaired) electrons. The van der Waals surface area contributed by atoms with Crippen LogP contribution in [0.3, 0.4) is 0 Å². The van der Waals surface area contributed by atoms with Crippen LogP contribution in [0.4, 0.5) is 0 Å². The minimum atomic E-state index is 0.0954. The number of piperazine rings is 1. The fraction of sp³-hybridized carbons (Fsp3) is 0.562. The zero-order valence-electron chi connectivity index (χ0n) is 12.7. The van der Waals surface area contributed by atoms with Gasteiger partial charge in [-0.25, -0.2) is 0 Å². The van der Waals surface area contributed by atoms with Crippen LogP contribution in [0.15, 0.2) is 24.3 Å². The second kappa shape index (κ2) is 7.78. The highest BCUT2D eigenvalue weighted by Crippen LogP contribution is 2.10. The molecule has 2 unspecified atom stereocenters. The van der Waals surface area contributed by atoms with Gasteiger partial charge in [0.25, 0.3) is 0 Å². The SMILES string of the molecule is CC1CN(CC(=O)NCCc2cccc(Cl)c2)C(C)CN1. The summed E-state index contributed by atoms with van der Waals surface area (Å²) in [5.74, 6) is 0.0954. The summed E-state index contributed by atoms with van der Waals surface area (Å²) < 4.78 is 0. The molecule has 0 aliphatic carbocycles. The van der Waals surface area contributed by atoms with Crippen LogP contribution in [0.5, 0.6) is 0 Å². The van der Waals surface area contributed by atoms with E-state index in [-0.39, 0.29) is 5.91 Å². The van der Waals surface area contributed by atoms with E-state index in [4.69, 9.17) is 11.6 Å². The Morgan fingerprint density at radius 1 is 1.48 bits per heavy atom. The van der Waals surface area contributed by atoms with E-state index >= 15 is 0 Å². The van der Waals surface area contributed by atoms with Crippen molar-refractivity contribution in [1.29, 1.82) is 0 Å². The number of hydrogen-bond donors (Lipinski definition) is 2. The molecule has 1 fully saturated rings. The van der Waals surface area contributed by atoms with E-state index < -0.39 is 0 Å². The normalized spacial score (nSPS) is 23.0. The van der Waals surface area contributed by atoms with Crippen LogP contribution in [-0.4, -0.2) is 49.1 Å². The molecule has 1 saturated heterocycles. The molecule has 1 amide bonds. The van der Waals surface area contributed by atoms with Crippen molar-refractivity contribution in [2.45, 2.75) is 32.4 Å². The molecule has 4 nitrogen and oxygen atoms in total. The van der Waals surface area contributed by atoms with Gasteiger partial charge in [0.05, 0.1) is 6.54 Å². The van der Waals surface area contributed by atoms with Gasteiger partial charge in [-0.05, 0) is 38.0 Å². The van der Waals surface area contributed by atoms with E-state index in [2.05, 4.69) is 29.4 Å². The summed E-state index contributed by atoms with van der Waals surface area (Å²) in [6.45, 7) is 7.28. The van der Waals surface area contributed by atoms with E-state index in [1.807, 2.05) is 24.3 Å². The van der Waals surface area contributed by atoms with Gasteiger partial charge in [-0.2, -0.15) is 0 Å². The predicted molar refractivity (Wildman–Crippen MR) is 86.7 cm³/mol. The Morgan fingerprint density at radius 3 is 3.05 bits per heavy atom. The van der Waals surface area contributed by atoms with Crippen LogP contribution < -0.4 is 10.6 Å². The summed E-state index contributed by atoms with van der Waals surface area (Å²) >= 11 is 5.94. The van der Waals surface area contributed by atoms with Crippen LogP contribution in [0.1, 0.15) is 19.4 Å². The first-order valence-electron chi connectivity index (χ1n) is 7.53. The van der Waals surface area contributed by atoms with Crippen molar-refractivity contribution in [3.05, 3.63) is 34.9 Å². The highest BCUT2D eigenvalue weighted by Gasteiger charge is 2.23. The van der Waals surface area contributed by atoms with Gasteiger partial charge in [0.2, 0.25) is 5.91 Å². The number of halogens is 1. The van der Waals surface area contributed by atoms with Crippen molar-refractivity contribution in [1.82, 2.24) is 15.5 Å². The number of nitrogens with zero attached hydrogens (tertiary/aromatic N) is 1. The van der Waals surface area contributed by atoms with Crippen LogP contribution >= 0.6 is 11.6 Å². The maximum absolute atomic E-state index is 12.0. The summed E-state index contributed by atoms with van der Waals surface area (Å²) in [6.07, 6.45) is 0.805. The molecule has 116 valence electrons. The largest absolute Gasteiger partial charge is 0.355 e. The number of hydrogen-bond acceptors (Lipinski definition) is 3. The van der Waals surface area contributed by atoms with Gasteiger partial charge in [-0.15, -0.1) is 0 Å². The number of amides is 1. The fourth-order valence-electron chi connectivity index (χ4n) is 2.60. The minimum Gasteiger partial charge on any atom is -0.355 e. The molecule has 2 rings (SSSR count). The monoisotopic (exact) mass is 309 g/mol. The first kappa shape index (κ1) is 16.3. The zero-order chi connectivity index (χ0) is 15.2. The van der Waals surface area contributed by atoms with E-state index in [1.165, 1.54) is 0 Å². The average molecular weight is 310 g/mol. The third-order valence-electron chi connectivity index (χ3n) is 3.87. The second-order valence-electron chi connectivity index (χ2n) is 5.82. The van der Waals surface area contributed by atoms with Crippen molar-refractivity contribution in [2.75, 3.05) is 26.2 Å². The molecule has 0 saturated carbocycles. The second-order valence-corrected chi connectivity index (χ2v) is 6.25. The lowest BCUT2D eigenvalue weighted by molar-refractivity contribution is -0.123. The average Bonchev–Trinajstić information content (AvgIpc) is 2.43. The van der Waals surface area contributed by atoms with E-state index in [0.717, 1.165) is 30.1 Å². The van der Waals surface area contributed by atoms with Gasteiger partial charge in [-0.1, -0.05) is 23.7 Å². The number of benzene rings is 1. The molecule has 0 bridgehead atoms. The Morgan fingerprint density at radius 2 is 2.29 bits per heavy atom.